The third-order valence-corrected chi connectivity index (χ3v) is 8.63. The molecule has 0 bridgehead atoms. The van der Waals surface area contributed by atoms with Crippen LogP contribution >= 0.6 is 15.9 Å². The van der Waals surface area contributed by atoms with Gasteiger partial charge in [-0.2, -0.15) is 8.42 Å². The fourth-order valence-electron chi connectivity index (χ4n) is 5.28. The van der Waals surface area contributed by atoms with E-state index in [9.17, 15) is 13.2 Å². The highest BCUT2D eigenvalue weighted by Crippen LogP contribution is 2.58. The molecule has 2 atom stereocenters. The molecule has 3 heterocycles. The number of benzene rings is 2. The molecule has 0 saturated carbocycles. The molecule has 1 N–H and O–H groups in total. The normalized spacial score (nSPS) is 20.1. The summed E-state index contributed by atoms with van der Waals surface area (Å²) in [6.45, 7) is 0.909. The van der Waals surface area contributed by atoms with E-state index in [2.05, 4.69) is 20.8 Å². The van der Waals surface area contributed by atoms with Crippen molar-refractivity contribution in [2.75, 3.05) is 47.0 Å². The molecule has 0 fully saturated rings. The Morgan fingerprint density at radius 2 is 1.89 bits per heavy atom. The monoisotopic (exact) mass is 613 g/mol. The van der Waals surface area contributed by atoms with Crippen LogP contribution in [0, 0.1) is 0 Å². The predicted octanol–water partition coefficient (Wildman–Crippen LogP) is 3.68. The highest BCUT2D eigenvalue weighted by molar-refractivity contribution is 9.10. The Balaban J connectivity index is 1.53. The first-order valence-corrected chi connectivity index (χ1v) is 14.4. The van der Waals surface area contributed by atoms with Crippen molar-refractivity contribution in [3.63, 3.8) is 0 Å². The van der Waals surface area contributed by atoms with Crippen LogP contribution in [0.2, 0.25) is 0 Å². The van der Waals surface area contributed by atoms with Crippen LogP contribution < -0.4 is 23.7 Å². The molecular formula is C25H28BrNO10S. The van der Waals surface area contributed by atoms with Gasteiger partial charge < -0.3 is 28.4 Å². The molecule has 3 aliphatic heterocycles. The summed E-state index contributed by atoms with van der Waals surface area (Å²) in [6, 6.07) is 3.13. The number of rotatable bonds is 9. The van der Waals surface area contributed by atoms with Crippen molar-refractivity contribution in [3.05, 3.63) is 38.9 Å². The van der Waals surface area contributed by atoms with Gasteiger partial charge in [0.1, 0.15) is 11.7 Å². The summed E-state index contributed by atoms with van der Waals surface area (Å²) in [6.07, 6.45) is 0.611. The molecule has 0 unspecified atom stereocenters. The number of halogens is 1. The van der Waals surface area contributed by atoms with E-state index in [1.165, 1.54) is 7.11 Å². The lowest BCUT2D eigenvalue weighted by Gasteiger charge is -2.39. The number of hydrogen-bond donors (Lipinski definition) is 1. The summed E-state index contributed by atoms with van der Waals surface area (Å²) in [4.78, 5) is 15.4. The summed E-state index contributed by atoms with van der Waals surface area (Å²) in [5.41, 5.74) is 2.77. The number of methoxy groups -OCH3 is 2. The van der Waals surface area contributed by atoms with Crippen LogP contribution in [-0.2, 0) is 21.3 Å². The molecule has 0 radical (unpaired) electrons. The van der Waals surface area contributed by atoms with E-state index in [4.69, 9.17) is 33.0 Å². The first-order chi connectivity index (χ1) is 18.2. The average Bonchev–Trinajstić information content (AvgIpc) is 3.49. The minimum atomic E-state index is -4.05. The van der Waals surface area contributed by atoms with Gasteiger partial charge in [0.25, 0.3) is 10.1 Å². The maximum Gasteiger partial charge on any atom is 0.343 e. The largest absolute Gasteiger partial charge is 0.493 e. The number of nitrogens with zero attached hydrogens (tertiary/aromatic N) is 1. The smallest absolute Gasteiger partial charge is 0.343 e. The summed E-state index contributed by atoms with van der Waals surface area (Å²) in [7, 11) is 0.961. The molecular weight excluding hydrogens is 586 g/mol. The van der Waals surface area contributed by atoms with Gasteiger partial charge in [-0.05, 0) is 53.9 Å². The molecule has 0 amide bonds. The first kappa shape index (κ1) is 26.9. The zero-order valence-electron chi connectivity index (χ0n) is 21.1. The Bertz CT molecular complexity index is 1380. The molecule has 0 spiro atoms. The number of unbranched alkanes of at least 4 members (excludes halogenated alkanes) is 1. The van der Waals surface area contributed by atoms with E-state index >= 15 is 0 Å². The lowest BCUT2D eigenvalue weighted by atomic mass is 9.85. The summed E-state index contributed by atoms with van der Waals surface area (Å²) >= 11 is 3.69. The Hall–Kier alpha value is -2.74. The van der Waals surface area contributed by atoms with E-state index in [1.807, 2.05) is 7.05 Å². The third-order valence-electron chi connectivity index (χ3n) is 6.99. The third kappa shape index (κ3) is 4.65. The number of cyclic esters (lactones) is 1. The van der Waals surface area contributed by atoms with Gasteiger partial charge in [-0.15, -0.1) is 0 Å². The second kappa shape index (κ2) is 10.4. The van der Waals surface area contributed by atoms with Crippen molar-refractivity contribution < 1.29 is 46.2 Å². The maximum absolute atomic E-state index is 13.3. The zero-order valence-corrected chi connectivity index (χ0v) is 23.5. The van der Waals surface area contributed by atoms with Crippen LogP contribution in [0.1, 0.15) is 52.0 Å². The SMILES string of the molecule is COc1ccc2c(c1OCCCCS(=O)(=O)O)C(=O)O[C@@H]2[C@H]1c2c(c(Br)c3c(c2OC)OCO3)CCN1C. The Morgan fingerprint density at radius 1 is 1.13 bits per heavy atom. The lowest BCUT2D eigenvalue weighted by molar-refractivity contribution is 0.00867. The lowest BCUT2D eigenvalue weighted by Crippen LogP contribution is -2.36. The number of esters is 1. The maximum atomic E-state index is 13.3. The van der Waals surface area contributed by atoms with Crippen molar-refractivity contribution in [3.8, 4) is 28.7 Å². The minimum absolute atomic E-state index is 0.0830. The van der Waals surface area contributed by atoms with Crippen LogP contribution in [-0.4, -0.2) is 70.8 Å². The van der Waals surface area contributed by atoms with Gasteiger partial charge in [-0.1, -0.05) is 6.07 Å². The second-order valence-electron chi connectivity index (χ2n) is 9.21. The van der Waals surface area contributed by atoms with Crippen LogP contribution in [0.25, 0.3) is 0 Å². The van der Waals surface area contributed by atoms with Crippen LogP contribution in [0.3, 0.4) is 0 Å². The summed E-state index contributed by atoms with van der Waals surface area (Å²) < 4.78 is 66.4. The molecule has 206 valence electrons. The average molecular weight is 614 g/mol. The van der Waals surface area contributed by atoms with Gasteiger partial charge in [-0.3, -0.25) is 9.45 Å². The van der Waals surface area contributed by atoms with Gasteiger partial charge in [0.2, 0.25) is 12.5 Å². The van der Waals surface area contributed by atoms with Gasteiger partial charge in [0.05, 0.1) is 37.1 Å². The second-order valence-corrected chi connectivity index (χ2v) is 11.6. The number of hydrogen-bond acceptors (Lipinski definition) is 10. The molecule has 0 saturated heterocycles. The Labute approximate surface area is 228 Å². The standard InChI is InChI=1S/C25H28BrNO10S/c1-27-9-8-13-16(22(33-3)24-23(18(13)26)35-12-36-24)19(27)20-14-6-7-15(32-2)21(17(14)25(28)37-20)34-10-4-5-11-38(29,30)31/h6-7,19-20H,4-5,8-12H2,1-3H3,(H,29,30,31)/t19-,20+/m1/s1. The molecule has 5 rings (SSSR count). The molecule has 2 aromatic rings. The van der Waals surface area contributed by atoms with Crippen molar-refractivity contribution in [1.29, 1.82) is 0 Å². The predicted molar refractivity (Wildman–Crippen MR) is 138 cm³/mol. The molecule has 11 nitrogen and oxygen atoms in total. The number of likely N-dealkylation sites (N-methyl/N-ethyl adjacent to an activating group) is 1. The number of ether oxygens (including phenoxy) is 6. The highest BCUT2D eigenvalue weighted by atomic mass is 79.9. The van der Waals surface area contributed by atoms with E-state index in [0.717, 1.165) is 22.0 Å². The van der Waals surface area contributed by atoms with Crippen LogP contribution in [0.15, 0.2) is 16.6 Å². The molecule has 0 aliphatic carbocycles. The molecule has 2 aromatic carbocycles. The van der Waals surface area contributed by atoms with Crippen LogP contribution in [0.4, 0.5) is 0 Å². The van der Waals surface area contributed by atoms with E-state index in [0.29, 0.717) is 41.5 Å². The number of fused-ring (bicyclic) bond motifs is 3. The van der Waals surface area contributed by atoms with E-state index in [1.54, 1.807) is 19.2 Å². The van der Waals surface area contributed by atoms with Crippen molar-refractivity contribution in [2.45, 2.75) is 31.4 Å². The van der Waals surface area contributed by atoms with Gasteiger partial charge >= 0.3 is 5.97 Å². The quantitative estimate of drug-likeness (QED) is 0.252. The van der Waals surface area contributed by atoms with Gasteiger partial charge in [0.15, 0.2) is 23.0 Å². The van der Waals surface area contributed by atoms with Crippen LogP contribution in [0.5, 0.6) is 28.7 Å². The van der Waals surface area contributed by atoms with Crippen molar-refractivity contribution in [1.82, 2.24) is 4.90 Å². The van der Waals surface area contributed by atoms with E-state index in [-0.39, 0.29) is 42.9 Å². The van der Waals surface area contributed by atoms with Crippen molar-refractivity contribution in [2.24, 2.45) is 0 Å². The van der Waals surface area contributed by atoms with Gasteiger partial charge in [-0.25, -0.2) is 4.79 Å². The number of carbonyl (C=O) groups excluding carboxylic acids is 1. The fourth-order valence-corrected chi connectivity index (χ4v) is 6.55. The molecule has 3 aliphatic rings. The number of carbonyl (C=O) groups is 1. The zero-order chi connectivity index (χ0) is 27.2. The Morgan fingerprint density at radius 3 is 2.61 bits per heavy atom. The molecule has 13 heteroatoms. The van der Waals surface area contributed by atoms with Crippen molar-refractivity contribution >= 4 is 32.0 Å². The molecule has 38 heavy (non-hydrogen) atoms. The minimum Gasteiger partial charge on any atom is -0.493 e. The summed E-state index contributed by atoms with van der Waals surface area (Å²) in [5, 5.41) is 0. The highest BCUT2D eigenvalue weighted by Gasteiger charge is 2.47. The summed E-state index contributed by atoms with van der Waals surface area (Å²) in [5.74, 6) is 1.33. The van der Waals surface area contributed by atoms with E-state index < -0.39 is 22.2 Å². The first-order valence-electron chi connectivity index (χ1n) is 12.0. The fraction of sp³-hybridized carbons (Fsp3) is 0.480. The topological polar surface area (TPSA) is 130 Å². The Kier molecular flexibility index (Phi) is 7.37. The molecule has 0 aromatic heterocycles. The van der Waals surface area contributed by atoms with Gasteiger partial charge in [0, 0.05) is 17.7 Å².